The Morgan fingerprint density at radius 3 is 2.64 bits per heavy atom. The molecule has 0 aliphatic rings. The van der Waals surface area contributed by atoms with Crippen LogP contribution in [0.5, 0.6) is 0 Å². The van der Waals surface area contributed by atoms with Crippen LogP contribution >= 0.6 is 0 Å². The summed E-state index contributed by atoms with van der Waals surface area (Å²) < 4.78 is 7.77. The fraction of sp³-hybridized carbons (Fsp3) is 0.400. The van der Waals surface area contributed by atoms with Crippen LogP contribution in [-0.4, -0.2) is 26.5 Å². The van der Waals surface area contributed by atoms with Gasteiger partial charge in [0.2, 0.25) is 5.89 Å². The van der Waals surface area contributed by atoms with Gasteiger partial charge in [0.25, 0.3) is 0 Å². The summed E-state index contributed by atoms with van der Waals surface area (Å²) in [4.78, 5) is 4.65. The van der Waals surface area contributed by atoms with Crippen molar-refractivity contribution < 1.29 is 9.52 Å². The maximum Gasteiger partial charge on any atom is 0.226 e. The van der Waals surface area contributed by atoms with Crippen LogP contribution in [0, 0.1) is 6.92 Å². The van der Waals surface area contributed by atoms with Crippen LogP contribution in [0.4, 0.5) is 0 Å². The second-order valence-corrected chi connectivity index (χ2v) is 6.61. The van der Waals surface area contributed by atoms with E-state index in [4.69, 9.17) is 14.6 Å². The summed E-state index contributed by atoms with van der Waals surface area (Å²) >= 11 is 0. The molecule has 0 fully saturated rings. The quantitative estimate of drug-likeness (QED) is 0.708. The average molecular weight is 339 g/mol. The normalized spacial score (nSPS) is 11.4. The monoisotopic (exact) mass is 339 g/mol. The van der Waals surface area contributed by atoms with E-state index >= 15 is 0 Å². The minimum Gasteiger partial charge on any atom is -0.441 e. The molecule has 132 valence electrons. The summed E-state index contributed by atoms with van der Waals surface area (Å²) in [5.74, 6) is 1.82. The average Bonchev–Trinajstić information content (AvgIpc) is 3.18. The van der Waals surface area contributed by atoms with Crippen LogP contribution in [0.2, 0.25) is 0 Å². The van der Waals surface area contributed by atoms with Gasteiger partial charge in [-0.2, -0.15) is 5.10 Å². The number of hydrogen-bond donors (Lipinski definition) is 1. The molecule has 0 unspecified atom stereocenters. The lowest BCUT2D eigenvalue weighted by atomic mass is 10.0. The Balaban J connectivity index is 1.84. The smallest absolute Gasteiger partial charge is 0.226 e. The topological polar surface area (TPSA) is 64.1 Å². The molecule has 0 aliphatic carbocycles. The molecule has 0 spiro atoms. The zero-order valence-corrected chi connectivity index (χ0v) is 15.1. The molecule has 0 aliphatic heterocycles. The molecule has 0 saturated heterocycles. The summed E-state index contributed by atoms with van der Waals surface area (Å²) in [7, 11) is 0. The van der Waals surface area contributed by atoms with Crippen molar-refractivity contribution in [3.05, 3.63) is 59.2 Å². The maximum atomic E-state index is 9.10. The molecular weight excluding hydrogens is 314 g/mol. The van der Waals surface area contributed by atoms with Gasteiger partial charge in [-0.05, 0) is 43.4 Å². The van der Waals surface area contributed by atoms with Crippen molar-refractivity contribution in [3.63, 3.8) is 0 Å². The molecule has 5 nitrogen and oxygen atoms in total. The first kappa shape index (κ1) is 17.4. The number of aromatic nitrogens is 3. The molecule has 0 atom stereocenters. The fourth-order valence-electron chi connectivity index (χ4n) is 2.94. The Morgan fingerprint density at radius 1 is 1.20 bits per heavy atom. The Kier molecular flexibility index (Phi) is 5.34. The number of aliphatic hydroxyl groups excluding tert-OH is 1. The van der Waals surface area contributed by atoms with E-state index in [1.807, 2.05) is 41.9 Å². The molecule has 0 radical (unpaired) electrons. The van der Waals surface area contributed by atoms with Crippen LogP contribution < -0.4 is 0 Å². The summed E-state index contributed by atoms with van der Waals surface area (Å²) in [6, 6.07) is 9.92. The van der Waals surface area contributed by atoms with Gasteiger partial charge < -0.3 is 9.52 Å². The van der Waals surface area contributed by atoms with Gasteiger partial charge >= 0.3 is 0 Å². The lowest BCUT2D eigenvalue weighted by Crippen LogP contribution is -2.03. The van der Waals surface area contributed by atoms with Crippen LogP contribution in [0.3, 0.4) is 0 Å². The SMILES string of the molecule is Cc1oc(-c2ccccc2)nc1Cn1cc(CCCO)c(C(C)C)n1. The van der Waals surface area contributed by atoms with Gasteiger partial charge in [-0.15, -0.1) is 0 Å². The van der Waals surface area contributed by atoms with Gasteiger partial charge in [-0.25, -0.2) is 4.98 Å². The molecule has 0 amide bonds. The lowest BCUT2D eigenvalue weighted by molar-refractivity contribution is 0.288. The number of hydrogen-bond acceptors (Lipinski definition) is 4. The summed E-state index contributed by atoms with van der Waals surface area (Å²) in [6.45, 7) is 7.01. The van der Waals surface area contributed by atoms with E-state index in [1.165, 1.54) is 5.56 Å². The minimum absolute atomic E-state index is 0.200. The lowest BCUT2D eigenvalue weighted by Gasteiger charge is -2.03. The minimum atomic E-state index is 0.200. The van der Waals surface area contributed by atoms with Crippen molar-refractivity contribution in [1.29, 1.82) is 0 Å². The number of aryl methyl sites for hydroxylation is 2. The van der Waals surface area contributed by atoms with Crippen LogP contribution in [0.1, 0.15) is 48.9 Å². The predicted octanol–water partition coefficient (Wildman–Crippen LogP) is 3.94. The van der Waals surface area contributed by atoms with E-state index in [0.717, 1.165) is 35.6 Å². The van der Waals surface area contributed by atoms with E-state index in [2.05, 4.69) is 25.0 Å². The van der Waals surface area contributed by atoms with Crippen molar-refractivity contribution in [2.45, 2.75) is 46.1 Å². The molecule has 1 N–H and O–H groups in total. The second kappa shape index (κ2) is 7.66. The van der Waals surface area contributed by atoms with Crippen LogP contribution in [0.15, 0.2) is 40.9 Å². The van der Waals surface area contributed by atoms with E-state index in [1.54, 1.807) is 0 Å². The zero-order chi connectivity index (χ0) is 17.8. The summed E-state index contributed by atoms with van der Waals surface area (Å²) in [6.07, 6.45) is 3.67. The van der Waals surface area contributed by atoms with Crippen molar-refractivity contribution in [1.82, 2.24) is 14.8 Å². The van der Waals surface area contributed by atoms with E-state index in [-0.39, 0.29) is 6.61 Å². The maximum absolute atomic E-state index is 9.10. The molecule has 2 aromatic heterocycles. The first-order valence-corrected chi connectivity index (χ1v) is 8.77. The molecule has 0 bridgehead atoms. The second-order valence-electron chi connectivity index (χ2n) is 6.61. The molecule has 25 heavy (non-hydrogen) atoms. The van der Waals surface area contributed by atoms with E-state index in [0.29, 0.717) is 18.4 Å². The molecule has 3 rings (SSSR count). The van der Waals surface area contributed by atoms with Gasteiger partial charge in [0, 0.05) is 18.4 Å². The number of rotatable bonds is 7. The van der Waals surface area contributed by atoms with Crippen molar-refractivity contribution in [2.75, 3.05) is 6.61 Å². The van der Waals surface area contributed by atoms with Crippen LogP contribution in [0.25, 0.3) is 11.5 Å². The molecule has 5 heteroatoms. The van der Waals surface area contributed by atoms with Gasteiger partial charge in [0.05, 0.1) is 12.2 Å². The standard InChI is InChI=1S/C20H25N3O2/c1-14(2)19-17(10-7-11-24)12-23(22-19)13-18-15(3)25-20(21-18)16-8-5-4-6-9-16/h4-6,8-9,12,14,24H,7,10-11,13H2,1-3H3. The highest BCUT2D eigenvalue weighted by Crippen LogP contribution is 2.23. The Hall–Kier alpha value is -2.40. The van der Waals surface area contributed by atoms with E-state index in [9.17, 15) is 0 Å². The van der Waals surface area contributed by atoms with Crippen LogP contribution in [-0.2, 0) is 13.0 Å². The highest BCUT2D eigenvalue weighted by atomic mass is 16.4. The molecular formula is C20H25N3O2. The number of nitrogens with zero attached hydrogens (tertiary/aromatic N) is 3. The highest BCUT2D eigenvalue weighted by molar-refractivity contribution is 5.53. The molecule has 0 saturated carbocycles. The third-order valence-corrected chi connectivity index (χ3v) is 4.25. The fourth-order valence-corrected chi connectivity index (χ4v) is 2.94. The number of oxazole rings is 1. The Labute approximate surface area is 148 Å². The Bertz CT molecular complexity index is 819. The highest BCUT2D eigenvalue weighted by Gasteiger charge is 2.16. The largest absolute Gasteiger partial charge is 0.441 e. The van der Waals surface area contributed by atoms with E-state index < -0.39 is 0 Å². The van der Waals surface area contributed by atoms with Gasteiger partial charge in [0.15, 0.2) is 0 Å². The van der Waals surface area contributed by atoms with Crippen molar-refractivity contribution >= 4 is 0 Å². The summed E-state index contributed by atoms with van der Waals surface area (Å²) in [5, 5.41) is 13.8. The molecule has 3 aromatic rings. The molecule has 1 aromatic carbocycles. The third-order valence-electron chi connectivity index (χ3n) is 4.25. The summed E-state index contributed by atoms with van der Waals surface area (Å²) in [5.41, 5.74) is 4.17. The first-order valence-electron chi connectivity index (χ1n) is 8.77. The predicted molar refractivity (Wildman–Crippen MR) is 97.5 cm³/mol. The number of benzene rings is 1. The van der Waals surface area contributed by atoms with Gasteiger partial charge in [0.1, 0.15) is 11.5 Å². The first-order chi connectivity index (χ1) is 12.1. The Morgan fingerprint density at radius 2 is 1.96 bits per heavy atom. The number of aliphatic hydroxyl groups is 1. The van der Waals surface area contributed by atoms with Gasteiger partial charge in [-0.3, -0.25) is 4.68 Å². The van der Waals surface area contributed by atoms with Crippen molar-refractivity contribution in [3.8, 4) is 11.5 Å². The van der Waals surface area contributed by atoms with Gasteiger partial charge in [-0.1, -0.05) is 32.0 Å². The van der Waals surface area contributed by atoms with Crippen molar-refractivity contribution in [2.24, 2.45) is 0 Å². The zero-order valence-electron chi connectivity index (χ0n) is 15.1. The third kappa shape index (κ3) is 3.99. The molecule has 2 heterocycles.